The van der Waals surface area contributed by atoms with Crippen molar-refractivity contribution in [3.05, 3.63) is 91.0 Å². The van der Waals surface area contributed by atoms with Crippen LogP contribution in [0.25, 0.3) is 0 Å². The van der Waals surface area contributed by atoms with E-state index in [0.29, 0.717) is 18.8 Å². The molecule has 0 heterocycles. The van der Waals surface area contributed by atoms with Crippen LogP contribution in [0, 0.1) is 23.2 Å². The molecule has 0 aliphatic carbocycles. The predicted octanol–water partition coefficient (Wildman–Crippen LogP) is 7.26. The van der Waals surface area contributed by atoms with Gasteiger partial charge in [-0.15, -0.1) is 0 Å². The van der Waals surface area contributed by atoms with Gasteiger partial charge in [0.2, 0.25) is 0 Å². The van der Waals surface area contributed by atoms with E-state index in [1.807, 2.05) is 0 Å². The largest absolute Gasteiger partial charge is 0.464 e. The second-order valence-corrected chi connectivity index (χ2v) is 14.0. The lowest BCUT2D eigenvalue weighted by molar-refractivity contribution is -0.147. The smallest absolute Gasteiger partial charge is 0.330 e. The number of carbonyl (C=O) groups is 2. The summed E-state index contributed by atoms with van der Waals surface area (Å²) in [5.41, 5.74) is 0. The molecule has 40 heavy (non-hydrogen) atoms. The van der Waals surface area contributed by atoms with Gasteiger partial charge in [-0.25, -0.2) is 0 Å². The van der Waals surface area contributed by atoms with Crippen LogP contribution in [0.2, 0.25) is 0 Å². The molecule has 5 heteroatoms. The maximum Gasteiger partial charge on any atom is 0.330 e. The first kappa shape index (κ1) is 32.9. The zero-order valence-corrected chi connectivity index (χ0v) is 25.3. The molecule has 0 spiro atoms. The van der Waals surface area contributed by atoms with Crippen LogP contribution in [0.1, 0.15) is 65.7 Å². The Labute approximate surface area is 242 Å². The third-order valence-corrected chi connectivity index (χ3v) is 11.4. The van der Waals surface area contributed by atoms with Gasteiger partial charge in [0.25, 0.3) is 0 Å². The number of hydrogen-bond donors (Lipinski definition) is 0. The average Bonchev–Trinajstić information content (AvgIpc) is 2.99. The maximum absolute atomic E-state index is 11.1. The summed E-state index contributed by atoms with van der Waals surface area (Å²) in [5, 5.41) is 12.9. The van der Waals surface area contributed by atoms with E-state index in [4.69, 9.17) is 10.00 Å². The van der Waals surface area contributed by atoms with Crippen LogP contribution in [-0.2, 0) is 14.3 Å². The van der Waals surface area contributed by atoms with Crippen LogP contribution in [0.5, 0.6) is 0 Å². The molecule has 0 radical (unpaired) electrons. The number of nitriles is 1. The molecule has 4 nitrogen and oxygen atoms in total. The van der Waals surface area contributed by atoms with Crippen molar-refractivity contribution in [2.45, 2.75) is 65.7 Å². The molecular formula is C35H45NO3P+. The van der Waals surface area contributed by atoms with Crippen molar-refractivity contribution in [2.75, 3.05) is 12.8 Å². The third-order valence-electron chi connectivity index (χ3n) is 6.90. The molecule has 0 aliphatic rings. The number of esters is 1. The highest BCUT2D eigenvalue weighted by Crippen LogP contribution is 2.56. The second kappa shape index (κ2) is 18.9. The predicted molar refractivity (Wildman–Crippen MR) is 169 cm³/mol. The number of unbranched alkanes of at least 4 members (excludes halogenated alkanes) is 5. The average molecular weight is 559 g/mol. The van der Waals surface area contributed by atoms with Crippen LogP contribution in [0.4, 0.5) is 0 Å². The normalized spacial score (nSPS) is 11.6. The summed E-state index contributed by atoms with van der Waals surface area (Å²) in [6, 6.07) is 35.0. The molecule has 3 aromatic rings. The number of nitrogens with zero attached hydrogens (tertiary/aromatic N) is 1. The fraction of sp³-hybridized carbons (Fsp3) is 0.400. The minimum absolute atomic E-state index is 0.303. The summed E-state index contributed by atoms with van der Waals surface area (Å²) >= 11 is 0. The van der Waals surface area contributed by atoms with Crippen molar-refractivity contribution in [2.24, 2.45) is 11.8 Å². The summed E-state index contributed by atoms with van der Waals surface area (Å²) < 4.78 is 4.80. The molecule has 0 saturated carbocycles. The Morgan fingerprint density at radius 2 is 1.25 bits per heavy atom. The van der Waals surface area contributed by atoms with Crippen LogP contribution in [-0.4, -0.2) is 25.0 Å². The maximum atomic E-state index is 11.1. The Balaban J connectivity index is 0.000000307. The number of ether oxygens (including phenoxy) is 1. The summed E-state index contributed by atoms with van der Waals surface area (Å²) in [4.78, 5) is 21.3. The van der Waals surface area contributed by atoms with Gasteiger partial charge in [-0.1, -0.05) is 107 Å². The topological polar surface area (TPSA) is 67.2 Å². The second-order valence-electron chi connectivity index (χ2n) is 10.4. The Bertz CT molecular complexity index is 1050. The van der Waals surface area contributed by atoms with Gasteiger partial charge >= 0.3 is 5.97 Å². The first-order valence-electron chi connectivity index (χ1n) is 14.6. The van der Waals surface area contributed by atoms with Gasteiger partial charge in [0.05, 0.1) is 18.8 Å². The van der Waals surface area contributed by atoms with E-state index in [1.165, 1.54) is 47.8 Å². The molecule has 0 fully saturated rings. The van der Waals surface area contributed by atoms with Crippen molar-refractivity contribution in [1.82, 2.24) is 0 Å². The van der Waals surface area contributed by atoms with E-state index in [-0.39, 0.29) is 0 Å². The molecule has 1 unspecified atom stereocenters. The van der Waals surface area contributed by atoms with E-state index in [9.17, 15) is 9.59 Å². The fourth-order valence-corrected chi connectivity index (χ4v) is 9.23. The van der Waals surface area contributed by atoms with Gasteiger partial charge in [-0.3, -0.25) is 4.79 Å². The highest BCUT2D eigenvalue weighted by atomic mass is 31.2. The van der Waals surface area contributed by atoms with E-state index in [0.717, 1.165) is 19.3 Å². The minimum Gasteiger partial charge on any atom is -0.464 e. The molecular weight excluding hydrogens is 513 g/mol. The highest BCUT2D eigenvalue weighted by Gasteiger charge is 2.44. The molecule has 3 rings (SSSR count). The van der Waals surface area contributed by atoms with Gasteiger partial charge in [0, 0.05) is 0 Å². The molecule has 0 saturated heterocycles. The summed E-state index contributed by atoms with van der Waals surface area (Å²) in [6.45, 7) is 7.12. The summed E-state index contributed by atoms with van der Waals surface area (Å²) in [6.07, 6.45) is 9.39. The number of benzene rings is 3. The lowest BCUT2D eigenvalue weighted by Gasteiger charge is -2.28. The van der Waals surface area contributed by atoms with E-state index >= 15 is 0 Å². The van der Waals surface area contributed by atoms with Crippen molar-refractivity contribution < 1.29 is 14.3 Å². The Morgan fingerprint density at radius 3 is 1.65 bits per heavy atom. The van der Waals surface area contributed by atoms with Gasteiger partial charge < -0.3 is 9.53 Å². The first-order chi connectivity index (χ1) is 19.5. The standard InChI is InChI=1S/C23H26P.C12H19NO3/c1-20(2)18-19-24(21-12-6-3-7-13-21,22-14-8-4-9-15-22)23-16-10-5-11-17-23;1-2-3-4-5-6-7-8-16-12(15)11(9-13)10-14/h3-17,20H,18-19H2,1-2H3;10-11H,2-8H2,1H3/q+1;. The Hall–Kier alpha value is -3.28. The molecule has 0 bridgehead atoms. The number of rotatable bonds is 15. The number of carbonyl (C=O) groups excluding carboxylic acids is 2. The monoisotopic (exact) mass is 558 g/mol. The third kappa shape index (κ3) is 10.4. The number of aldehydes is 1. The molecule has 0 N–H and O–H groups in total. The Kier molecular flexibility index (Phi) is 15.6. The molecule has 1 atom stereocenters. The van der Waals surface area contributed by atoms with Crippen LogP contribution in [0.15, 0.2) is 91.0 Å². The van der Waals surface area contributed by atoms with Crippen molar-refractivity contribution >= 4 is 35.4 Å². The van der Waals surface area contributed by atoms with Crippen molar-refractivity contribution in [3.63, 3.8) is 0 Å². The fourth-order valence-electron chi connectivity index (χ4n) is 4.62. The van der Waals surface area contributed by atoms with Crippen molar-refractivity contribution in [3.8, 4) is 6.07 Å². The molecule has 212 valence electrons. The Morgan fingerprint density at radius 1 is 0.800 bits per heavy atom. The van der Waals surface area contributed by atoms with Gasteiger partial charge in [0.15, 0.2) is 5.92 Å². The van der Waals surface area contributed by atoms with E-state index in [1.54, 1.807) is 6.07 Å². The SMILES string of the molecule is CC(C)CC[P+](c1ccccc1)(c1ccccc1)c1ccccc1.CCCCCCCCOC(=O)C(C#N)C=O. The summed E-state index contributed by atoms with van der Waals surface area (Å²) in [5.74, 6) is -1.29. The zero-order valence-electron chi connectivity index (χ0n) is 24.4. The molecule has 3 aromatic carbocycles. The highest BCUT2D eigenvalue weighted by molar-refractivity contribution is 7.95. The molecule has 0 amide bonds. The van der Waals surface area contributed by atoms with Crippen molar-refractivity contribution in [1.29, 1.82) is 5.26 Å². The lowest BCUT2D eigenvalue weighted by Crippen LogP contribution is -2.33. The van der Waals surface area contributed by atoms with Gasteiger partial charge in [0.1, 0.15) is 29.5 Å². The summed E-state index contributed by atoms with van der Waals surface area (Å²) in [7, 11) is -1.61. The van der Waals surface area contributed by atoms with Crippen LogP contribution in [0.3, 0.4) is 0 Å². The van der Waals surface area contributed by atoms with E-state index < -0.39 is 19.1 Å². The molecule has 0 aromatic heterocycles. The lowest BCUT2D eigenvalue weighted by atomic mass is 10.1. The van der Waals surface area contributed by atoms with Gasteiger partial charge in [-0.2, -0.15) is 5.26 Å². The minimum atomic E-state index is -1.61. The van der Waals surface area contributed by atoms with E-state index in [2.05, 4.69) is 112 Å². The van der Waals surface area contributed by atoms with Crippen LogP contribution >= 0.6 is 7.26 Å². The quantitative estimate of drug-likeness (QED) is 0.0648. The molecule has 0 aliphatic heterocycles. The first-order valence-corrected chi connectivity index (χ1v) is 16.5. The van der Waals surface area contributed by atoms with Crippen LogP contribution < -0.4 is 15.9 Å². The zero-order chi connectivity index (χ0) is 29.1. The van der Waals surface area contributed by atoms with Gasteiger partial charge in [-0.05, 0) is 55.2 Å². The number of hydrogen-bond acceptors (Lipinski definition) is 4.